The fraction of sp³-hybridized carbons (Fsp3) is 0.462. The van der Waals surface area contributed by atoms with E-state index >= 15 is 0 Å². The van der Waals surface area contributed by atoms with Gasteiger partial charge in [0.2, 0.25) is 0 Å². The van der Waals surface area contributed by atoms with Crippen molar-refractivity contribution in [1.29, 1.82) is 0 Å². The molecule has 4 heteroatoms. The van der Waals surface area contributed by atoms with Crippen LogP contribution >= 0.6 is 22.6 Å². The predicted molar refractivity (Wildman–Crippen MR) is 75.0 cm³/mol. The van der Waals surface area contributed by atoms with E-state index in [4.69, 9.17) is 5.11 Å². The monoisotopic (exact) mass is 345 g/mol. The summed E-state index contributed by atoms with van der Waals surface area (Å²) in [5.74, 6) is 0.343. The molecule has 0 aromatic heterocycles. The Morgan fingerprint density at radius 2 is 2.35 bits per heavy atom. The number of amides is 1. The van der Waals surface area contributed by atoms with Gasteiger partial charge in [0.25, 0.3) is 5.91 Å². The molecule has 0 saturated carbocycles. The molecule has 17 heavy (non-hydrogen) atoms. The zero-order valence-electron chi connectivity index (χ0n) is 9.82. The molecule has 0 spiro atoms. The number of aliphatic hydroxyl groups excluding tert-OH is 1. The molecule has 92 valence electrons. The molecule has 1 saturated heterocycles. The summed E-state index contributed by atoms with van der Waals surface area (Å²) in [4.78, 5) is 14.2. The molecular weight excluding hydrogens is 329 g/mol. The number of hydrogen-bond donors (Lipinski definition) is 1. The number of aliphatic hydroxyl groups is 1. The van der Waals surface area contributed by atoms with Crippen molar-refractivity contribution in [2.75, 3.05) is 19.7 Å². The van der Waals surface area contributed by atoms with E-state index in [1.807, 2.05) is 30.0 Å². The van der Waals surface area contributed by atoms with Gasteiger partial charge in [-0.2, -0.15) is 0 Å². The Morgan fingerprint density at radius 3 is 3.00 bits per heavy atom. The number of likely N-dealkylation sites (tertiary alicyclic amines) is 1. The van der Waals surface area contributed by atoms with Gasteiger partial charge < -0.3 is 10.0 Å². The number of nitrogens with zero attached hydrogens (tertiary/aromatic N) is 1. The third-order valence-electron chi connectivity index (χ3n) is 3.25. The van der Waals surface area contributed by atoms with Crippen LogP contribution in [0.5, 0.6) is 0 Å². The third kappa shape index (κ3) is 2.63. The summed E-state index contributed by atoms with van der Waals surface area (Å²) in [7, 11) is 0. The van der Waals surface area contributed by atoms with Gasteiger partial charge >= 0.3 is 0 Å². The van der Waals surface area contributed by atoms with Crippen LogP contribution in [-0.4, -0.2) is 35.6 Å². The molecule has 1 fully saturated rings. The van der Waals surface area contributed by atoms with Crippen LogP contribution in [0.3, 0.4) is 0 Å². The van der Waals surface area contributed by atoms with Crippen LogP contribution in [0.4, 0.5) is 0 Å². The lowest BCUT2D eigenvalue weighted by Crippen LogP contribution is -2.29. The second-order valence-electron chi connectivity index (χ2n) is 4.52. The van der Waals surface area contributed by atoms with E-state index < -0.39 is 0 Å². The number of benzene rings is 1. The largest absolute Gasteiger partial charge is 0.396 e. The summed E-state index contributed by atoms with van der Waals surface area (Å²) < 4.78 is 1.03. The molecule has 1 aliphatic heterocycles. The second kappa shape index (κ2) is 5.35. The molecule has 1 aromatic carbocycles. The lowest BCUT2D eigenvalue weighted by atomic mass is 10.1. The summed E-state index contributed by atoms with van der Waals surface area (Å²) >= 11 is 2.22. The van der Waals surface area contributed by atoms with Crippen molar-refractivity contribution in [3.63, 3.8) is 0 Å². The molecule has 0 radical (unpaired) electrons. The lowest BCUT2D eigenvalue weighted by Gasteiger charge is -2.17. The summed E-state index contributed by atoms with van der Waals surface area (Å²) in [5.41, 5.74) is 1.92. The van der Waals surface area contributed by atoms with Crippen molar-refractivity contribution in [1.82, 2.24) is 4.90 Å². The maximum Gasteiger partial charge on any atom is 0.254 e. The smallest absolute Gasteiger partial charge is 0.254 e. The number of hydrogen-bond acceptors (Lipinski definition) is 2. The zero-order chi connectivity index (χ0) is 12.4. The van der Waals surface area contributed by atoms with Crippen molar-refractivity contribution >= 4 is 28.5 Å². The Bertz CT molecular complexity index is 433. The average molecular weight is 345 g/mol. The Hall–Kier alpha value is -0.620. The number of halogens is 1. The van der Waals surface area contributed by atoms with Gasteiger partial charge in [-0.25, -0.2) is 0 Å². The fourth-order valence-electron chi connectivity index (χ4n) is 2.15. The van der Waals surface area contributed by atoms with Gasteiger partial charge in [-0.15, -0.1) is 0 Å². The van der Waals surface area contributed by atoms with E-state index in [9.17, 15) is 4.79 Å². The summed E-state index contributed by atoms with van der Waals surface area (Å²) in [6.45, 7) is 3.63. The SMILES string of the molecule is Cc1cccc(C(=O)N2CCC(CO)C2)c1I. The quantitative estimate of drug-likeness (QED) is 0.834. The Morgan fingerprint density at radius 1 is 1.59 bits per heavy atom. The first-order valence-corrected chi connectivity index (χ1v) is 6.86. The molecule has 1 atom stereocenters. The van der Waals surface area contributed by atoms with Gasteiger partial charge in [-0.3, -0.25) is 4.79 Å². The first kappa shape index (κ1) is 12.8. The first-order valence-electron chi connectivity index (χ1n) is 5.78. The average Bonchev–Trinajstić information content (AvgIpc) is 2.80. The minimum absolute atomic E-state index is 0.0917. The summed E-state index contributed by atoms with van der Waals surface area (Å²) in [6.07, 6.45) is 0.907. The van der Waals surface area contributed by atoms with Crippen molar-refractivity contribution in [3.05, 3.63) is 32.9 Å². The van der Waals surface area contributed by atoms with Crippen LogP contribution in [0.25, 0.3) is 0 Å². The van der Waals surface area contributed by atoms with E-state index in [1.54, 1.807) is 0 Å². The Balaban J connectivity index is 2.18. The molecular formula is C13H16INO2. The normalized spacial score (nSPS) is 19.7. The van der Waals surface area contributed by atoms with Crippen molar-refractivity contribution in [2.45, 2.75) is 13.3 Å². The van der Waals surface area contributed by atoms with Crippen LogP contribution in [0, 0.1) is 16.4 Å². The predicted octanol–water partition coefficient (Wildman–Crippen LogP) is 2.05. The van der Waals surface area contributed by atoms with Crippen LogP contribution in [0.2, 0.25) is 0 Å². The van der Waals surface area contributed by atoms with Crippen molar-refractivity contribution < 1.29 is 9.90 Å². The zero-order valence-corrected chi connectivity index (χ0v) is 12.0. The molecule has 1 aromatic rings. The number of carbonyl (C=O) groups is 1. The molecule has 0 aliphatic carbocycles. The fourth-order valence-corrected chi connectivity index (χ4v) is 2.74. The van der Waals surface area contributed by atoms with E-state index in [0.717, 1.165) is 27.7 Å². The van der Waals surface area contributed by atoms with Gasteiger partial charge in [0.15, 0.2) is 0 Å². The van der Waals surface area contributed by atoms with E-state index in [-0.39, 0.29) is 18.4 Å². The second-order valence-corrected chi connectivity index (χ2v) is 5.60. The number of rotatable bonds is 2. The minimum atomic E-state index is 0.0917. The van der Waals surface area contributed by atoms with E-state index in [2.05, 4.69) is 22.6 Å². The Kier molecular flexibility index (Phi) is 4.04. The van der Waals surface area contributed by atoms with E-state index in [0.29, 0.717) is 6.54 Å². The molecule has 1 unspecified atom stereocenters. The molecule has 1 amide bonds. The highest BCUT2D eigenvalue weighted by Gasteiger charge is 2.27. The van der Waals surface area contributed by atoms with Gasteiger partial charge in [-0.1, -0.05) is 12.1 Å². The standard InChI is InChI=1S/C13H16INO2/c1-9-3-2-4-11(12(9)14)13(17)15-6-5-10(7-15)8-16/h2-4,10,16H,5-8H2,1H3. The molecule has 1 heterocycles. The van der Waals surface area contributed by atoms with E-state index in [1.165, 1.54) is 0 Å². The van der Waals surface area contributed by atoms with Gasteiger partial charge in [0.1, 0.15) is 0 Å². The first-order chi connectivity index (χ1) is 8.13. The summed E-state index contributed by atoms with van der Waals surface area (Å²) in [5, 5.41) is 9.10. The molecule has 3 nitrogen and oxygen atoms in total. The van der Waals surface area contributed by atoms with Crippen molar-refractivity contribution in [3.8, 4) is 0 Å². The molecule has 2 rings (SSSR count). The number of aryl methyl sites for hydroxylation is 1. The maximum atomic E-state index is 12.3. The van der Waals surface area contributed by atoms with Gasteiger partial charge in [0.05, 0.1) is 5.56 Å². The third-order valence-corrected chi connectivity index (χ3v) is 4.69. The highest BCUT2D eigenvalue weighted by molar-refractivity contribution is 14.1. The Labute approximate surface area is 115 Å². The molecule has 0 bridgehead atoms. The van der Waals surface area contributed by atoms with Gasteiger partial charge in [-0.05, 0) is 47.6 Å². The highest BCUT2D eigenvalue weighted by Crippen LogP contribution is 2.22. The highest BCUT2D eigenvalue weighted by atomic mass is 127. The molecule has 1 N–H and O–H groups in total. The maximum absolute atomic E-state index is 12.3. The van der Waals surface area contributed by atoms with Crippen molar-refractivity contribution in [2.24, 2.45) is 5.92 Å². The van der Waals surface area contributed by atoms with Crippen LogP contribution in [0.1, 0.15) is 22.3 Å². The van der Waals surface area contributed by atoms with Crippen LogP contribution < -0.4 is 0 Å². The van der Waals surface area contributed by atoms with Crippen LogP contribution in [0.15, 0.2) is 18.2 Å². The lowest BCUT2D eigenvalue weighted by molar-refractivity contribution is 0.0780. The summed E-state index contributed by atoms with van der Waals surface area (Å²) in [6, 6.07) is 5.81. The topological polar surface area (TPSA) is 40.5 Å². The molecule has 1 aliphatic rings. The van der Waals surface area contributed by atoms with Gasteiger partial charge in [0, 0.05) is 29.2 Å². The number of carbonyl (C=O) groups excluding carboxylic acids is 1. The minimum Gasteiger partial charge on any atom is -0.396 e. The van der Waals surface area contributed by atoms with Crippen LogP contribution in [-0.2, 0) is 0 Å².